The predicted molar refractivity (Wildman–Crippen MR) is 143 cm³/mol. The minimum Gasteiger partial charge on any atom is -0.444 e. The molecule has 32 heavy (non-hydrogen) atoms. The highest BCUT2D eigenvalue weighted by Gasteiger charge is 2.22. The van der Waals surface area contributed by atoms with E-state index < -0.39 is 5.60 Å². The quantitative estimate of drug-likeness (QED) is 0.254. The number of alkyl carbamates (subject to hydrolysis) is 1. The third-order valence-corrected chi connectivity index (χ3v) is 5.27. The first-order chi connectivity index (χ1) is 14.8. The molecule has 182 valence electrons. The van der Waals surface area contributed by atoms with E-state index in [2.05, 4.69) is 63.1 Å². The van der Waals surface area contributed by atoms with Crippen molar-refractivity contribution in [3.05, 3.63) is 35.9 Å². The highest BCUT2D eigenvalue weighted by molar-refractivity contribution is 14.0. The van der Waals surface area contributed by atoms with Crippen LogP contribution in [0.4, 0.5) is 4.79 Å². The van der Waals surface area contributed by atoms with Gasteiger partial charge in [-0.1, -0.05) is 43.7 Å². The number of rotatable bonds is 8. The third-order valence-electron chi connectivity index (χ3n) is 5.27. The highest BCUT2D eigenvalue weighted by atomic mass is 127. The van der Waals surface area contributed by atoms with Crippen LogP contribution in [-0.2, 0) is 11.3 Å². The molecule has 1 aromatic rings. The average Bonchev–Trinajstić information content (AvgIpc) is 2.71. The van der Waals surface area contributed by atoms with Crippen molar-refractivity contribution in [1.29, 1.82) is 0 Å². The molecule has 0 aromatic heterocycles. The molecule has 0 spiro atoms. The second kappa shape index (κ2) is 14.6. The van der Waals surface area contributed by atoms with Gasteiger partial charge >= 0.3 is 6.09 Å². The summed E-state index contributed by atoms with van der Waals surface area (Å²) in [4.78, 5) is 19.0. The Hall–Kier alpha value is -1.55. The topological polar surface area (TPSA) is 78.0 Å². The lowest BCUT2D eigenvalue weighted by Gasteiger charge is -2.33. The zero-order chi connectivity index (χ0) is 22.7. The second-order valence-electron chi connectivity index (χ2n) is 9.27. The Balaban J connectivity index is 0.00000512. The van der Waals surface area contributed by atoms with E-state index in [4.69, 9.17) is 4.74 Å². The Morgan fingerprint density at radius 1 is 1.22 bits per heavy atom. The molecule has 1 aliphatic heterocycles. The number of carbonyl (C=O) groups excluding carboxylic acids is 1. The van der Waals surface area contributed by atoms with Gasteiger partial charge < -0.3 is 20.7 Å². The smallest absolute Gasteiger partial charge is 0.407 e. The number of nitrogens with zero attached hydrogens (tertiary/aromatic N) is 2. The highest BCUT2D eigenvalue weighted by Crippen LogP contribution is 2.14. The lowest BCUT2D eigenvalue weighted by molar-refractivity contribution is 0.0502. The van der Waals surface area contributed by atoms with Crippen molar-refractivity contribution in [3.8, 4) is 0 Å². The van der Waals surface area contributed by atoms with Crippen LogP contribution in [0.25, 0.3) is 0 Å². The fourth-order valence-electron chi connectivity index (χ4n) is 3.73. The van der Waals surface area contributed by atoms with Crippen LogP contribution in [0, 0.1) is 0 Å². The summed E-state index contributed by atoms with van der Waals surface area (Å²) in [5.41, 5.74) is 0.868. The van der Waals surface area contributed by atoms with Crippen LogP contribution in [0.3, 0.4) is 0 Å². The molecule has 3 N–H and O–H groups in total. The van der Waals surface area contributed by atoms with Crippen molar-refractivity contribution < 1.29 is 9.53 Å². The molecule has 7 nitrogen and oxygen atoms in total. The normalized spacial score (nSPS) is 16.6. The molecule has 0 aliphatic carbocycles. The maximum Gasteiger partial charge on any atom is 0.407 e. The lowest BCUT2D eigenvalue weighted by atomic mass is 10.0. The van der Waals surface area contributed by atoms with E-state index in [0.29, 0.717) is 12.6 Å². The number of ether oxygens (including phenoxy) is 1. The van der Waals surface area contributed by atoms with E-state index in [-0.39, 0.29) is 36.1 Å². The molecule has 8 heteroatoms. The van der Waals surface area contributed by atoms with Gasteiger partial charge in [-0.05, 0) is 45.6 Å². The molecule has 2 rings (SSSR count). The Labute approximate surface area is 211 Å². The Morgan fingerprint density at radius 3 is 2.44 bits per heavy atom. The number of benzene rings is 1. The van der Waals surface area contributed by atoms with Gasteiger partial charge in [0.2, 0.25) is 0 Å². The summed E-state index contributed by atoms with van der Waals surface area (Å²) in [6, 6.07) is 11.0. The lowest BCUT2D eigenvalue weighted by Crippen LogP contribution is -2.51. The van der Waals surface area contributed by atoms with E-state index >= 15 is 0 Å². The zero-order valence-corrected chi connectivity index (χ0v) is 22.6. The van der Waals surface area contributed by atoms with Crippen LogP contribution in [-0.4, -0.2) is 61.3 Å². The van der Waals surface area contributed by atoms with E-state index in [1.54, 1.807) is 7.05 Å². The van der Waals surface area contributed by atoms with Crippen LogP contribution in [0.1, 0.15) is 58.9 Å². The number of carbonyl (C=O) groups is 1. The van der Waals surface area contributed by atoms with Gasteiger partial charge in [0, 0.05) is 45.3 Å². The fourth-order valence-corrected chi connectivity index (χ4v) is 3.73. The Kier molecular flexibility index (Phi) is 13.0. The molecular weight excluding hydrogens is 517 g/mol. The fraction of sp³-hybridized carbons (Fsp3) is 0.667. The predicted octanol–water partition coefficient (Wildman–Crippen LogP) is 4.13. The Morgan fingerprint density at radius 2 is 1.88 bits per heavy atom. The molecule has 1 aromatic carbocycles. The molecule has 1 saturated heterocycles. The van der Waals surface area contributed by atoms with E-state index in [0.717, 1.165) is 51.3 Å². The summed E-state index contributed by atoms with van der Waals surface area (Å²) in [6.45, 7) is 11.5. The summed E-state index contributed by atoms with van der Waals surface area (Å²) in [6.07, 6.45) is 3.65. The SMILES string of the molecule is CCCC(CNC(=NC)NC1CCN(Cc2ccccc2)CC1)NC(=O)OC(C)(C)C.I. The van der Waals surface area contributed by atoms with Crippen LogP contribution >= 0.6 is 24.0 Å². The first kappa shape index (κ1) is 28.5. The van der Waals surface area contributed by atoms with Crippen molar-refractivity contribution in [2.24, 2.45) is 4.99 Å². The van der Waals surface area contributed by atoms with Crippen molar-refractivity contribution >= 4 is 36.0 Å². The number of hydrogen-bond acceptors (Lipinski definition) is 4. The van der Waals surface area contributed by atoms with Crippen molar-refractivity contribution in [1.82, 2.24) is 20.9 Å². The molecule has 1 atom stereocenters. The van der Waals surface area contributed by atoms with Gasteiger partial charge in [0.05, 0.1) is 0 Å². The molecule has 0 radical (unpaired) electrons. The molecule has 1 fully saturated rings. The van der Waals surface area contributed by atoms with Gasteiger partial charge in [-0.15, -0.1) is 24.0 Å². The maximum atomic E-state index is 12.1. The van der Waals surface area contributed by atoms with Gasteiger partial charge in [0.15, 0.2) is 5.96 Å². The molecule has 0 bridgehead atoms. The van der Waals surface area contributed by atoms with Gasteiger partial charge in [-0.25, -0.2) is 4.79 Å². The van der Waals surface area contributed by atoms with Gasteiger partial charge in [0.25, 0.3) is 0 Å². The summed E-state index contributed by atoms with van der Waals surface area (Å²) in [5.74, 6) is 0.786. The molecular formula is C24H42IN5O2. The average molecular weight is 560 g/mol. The number of guanidine groups is 1. The molecule has 1 amide bonds. The minimum atomic E-state index is -0.499. The first-order valence-electron chi connectivity index (χ1n) is 11.5. The maximum absolute atomic E-state index is 12.1. The molecule has 1 heterocycles. The minimum absolute atomic E-state index is 0. The molecule has 1 unspecified atom stereocenters. The first-order valence-corrected chi connectivity index (χ1v) is 11.5. The molecule has 1 aliphatic rings. The van der Waals surface area contributed by atoms with Crippen molar-refractivity contribution in [3.63, 3.8) is 0 Å². The number of aliphatic imine (C=N–C) groups is 1. The second-order valence-corrected chi connectivity index (χ2v) is 9.27. The largest absolute Gasteiger partial charge is 0.444 e. The van der Waals surface area contributed by atoms with Gasteiger partial charge in [-0.3, -0.25) is 9.89 Å². The number of hydrogen-bond donors (Lipinski definition) is 3. The summed E-state index contributed by atoms with van der Waals surface area (Å²) in [5, 5.41) is 9.90. The number of nitrogens with one attached hydrogen (secondary N) is 3. The van der Waals surface area contributed by atoms with Gasteiger partial charge in [-0.2, -0.15) is 0 Å². The monoisotopic (exact) mass is 559 g/mol. The number of halogens is 1. The third kappa shape index (κ3) is 11.4. The molecule has 0 saturated carbocycles. The van der Waals surface area contributed by atoms with Crippen LogP contribution in [0.5, 0.6) is 0 Å². The standard InChI is InChI=1S/C24H41N5O2.HI/c1-6-10-21(28-23(30)31-24(2,3)4)17-26-22(25-5)27-20-13-15-29(16-14-20)18-19-11-8-7-9-12-19;/h7-9,11-12,20-21H,6,10,13-18H2,1-5H3,(H,28,30)(H2,25,26,27);1H. The zero-order valence-electron chi connectivity index (χ0n) is 20.3. The summed E-state index contributed by atoms with van der Waals surface area (Å²) < 4.78 is 5.39. The summed E-state index contributed by atoms with van der Waals surface area (Å²) in [7, 11) is 1.79. The number of piperidine rings is 1. The van der Waals surface area contributed by atoms with Crippen LogP contribution < -0.4 is 16.0 Å². The number of likely N-dealkylation sites (tertiary alicyclic amines) is 1. The van der Waals surface area contributed by atoms with Crippen LogP contribution in [0.2, 0.25) is 0 Å². The Bertz CT molecular complexity index is 685. The van der Waals surface area contributed by atoms with E-state index in [9.17, 15) is 4.79 Å². The van der Waals surface area contributed by atoms with Gasteiger partial charge in [0.1, 0.15) is 5.60 Å². The van der Waals surface area contributed by atoms with Crippen molar-refractivity contribution in [2.75, 3.05) is 26.7 Å². The van der Waals surface area contributed by atoms with Crippen molar-refractivity contribution in [2.45, 2.75) is 77.6 Å². The number of amides is 1. The van der Waals surface area contributed by atoms with Crippen LogP contribution in [0.15, 0.2) is 35.3 Å². The van der Waals surface area contributed by atoms with E-state index in [1.807, 2.05) is 20.8 Å². The summed E-state index contributed by atoms with van der Waals surface area (Å²) >= 11 is 0. The van der Waals surface area contributed by atoms with E-state index in [1.165, 1.54) is 5.56 Å².